The third kappa shape index (κ3) is 4.56. The number of benzene rings is 1. The zero-order valence-corrected chi connectivity index (χ0v) is 13.1. The Kier molecular flexibility index (Phi) is 5.33. The molecule has 2 rings (SSSR count). The Morgan fingerprint density at radius 3 is 2.67 bits per heavy atom. The van der Waals surface area contributed by atoms with Gasteiger partial charge in [-0.3, -0.25) is 4.79 Å². The molecule has 1 aromatic carbocycles. The van der Waals surface area contributed by atoms with E-state index in [0.717, 1.165) is 27.7 Å². The number of carbonyl (C=O) groups is 1. The van der Waals surface area contributed by atoms with Gasteiger partial charge in [0.25, 0.3) is 0 Å². The van der Waals surface area contributed by atoms with Crippen molar-refractivity contribution in [2.75, 3.05) is 6.61 Å². The number of hydrogen-bond donors (Lipinski definition) is 1. The molecule has 0 radical (unpaired) electrons. The van der Waals surface area contributed by atoms with Gasteiger partial charge in [0.1, 0.15) is 5.75 Å². The molecule has 2 aromatic rings. The highest BCUT2D eigenvalue weighted by Crippen LogP contribution is 2.21. The number of thiazole rings is 1. The van der Waals surface area contributed by atoms with Gasteiger partial charge < -0.3 is 9.84 Å². The van der Waals surface area contributed by atoms with Crippen LogP contribution in [0.1, 0.15) is 28.1 Å². The van der Waals surface area contributed by atoms with E-state index in [1.54, 1.807) is 0 Å². The number of aromatic nitrogens is 1. The summed E-state index contributed by atoms with van der Waals surface area (Å²) >= 11 is 1.48. The van der Waals surface area contributed by atoms with Crippen molar-refractivity contribution >= 4 is 17.3 Å². The SMILES string of the molecule is CCc1nc(CCOc2ccc(C)cc2)sc1CC(=O)O. The van der Waals surface area contributed by atoms with Crippen LogP contribution in [0.3, 0.4) is 0 Å². The molecule has 0 amide bonds. The second-order valence-electron chi connectivity index (χ2n) is 4.81. The van der Waals surface area contributed by atoms with Gasteiger partial charge >= 0.3 is 5.97 Å². The van der Waals surface area contributed by atoms with Gasteiger partial charge in [0, 0.05) is 11.3 Å². The molecule has 1 aromatic heterocycles. The summed E-state index contributed by atoms with van der Waals surface area (Å²) in [6.45, 7) is 4.58. The zero-order chi connectivity index (χ0) is 15.2. The Balaban J connectivity index is 1.92. The molecular formula is C16H19NO3S. The molecule has 0 unspecified atom stereocenters. The fourth-order valence-electron chi connectivity index (χ4n) is 1.99. The predicted molar refractivity (Wildman–Crippen MR) is 83.2 cm³/mol. The number of aliphatic carboxylic acids is 1. The number of carboxylic acid groups (broad SMARTS) is 1. The molecule has 1 N–H and O–H groups in total. The quantitative estimate of drug-likeness (QED) is 0.853. The fraction of sp³-hybridized carbons (Fsp3) is 0.375. The molecule has 4 nitrogen and oxygen atoms in total. The number of aryl methyl sites for hydroxylation is 2. The Bertz CT molecular complexity index is 604. The molecule has 1 heterocycles. The van der Waals surface area contributed by atoms with E-state index in [2.05, 4.69) is 4.98 Å². The first-order valence-corrected chi connectivity index (χ1v) is 7.79. The van der Waals surface area contributed by atoms with E-state index >= 15 is 0 Å². The van der Waals surface area contributed by atoms with Gasteiger partial charge in [-0.05, 0) is 25.5 Å². The highest BCUT2D eigenvalue weighted by molar-refractivity contribution is 7.11. The summed E-state index contributed by atoms with van der Waals surface area (Å²) < 4.78 is 5.68. The highest BCUT2D eigenvalue weighted by atomic mass is 32.1. The average Bonchev–Trinajstić information content (AvgIpc) is 2.82. The van der Waals surface area contributed by atoms with E-state index in [1.807, 2.05) is 38.1 Å². The van der Waals surface area contributed by atoms with E-state index in [1.165, 1.54) is 16.9 Å². The third-order valence-electron chi connectivity index (χ3n) is 3.07. The van der Waals surface area contributed by atoms with Gasteiger partial charge in [0.2, 0.25) is 0 Å². The third-order valence-corrected chi connectivity index (χ3v) is 4.23. The normalized spacial score (nSPS) is 10.6. The van der Waals surface area contributed by atoms with Crippen LogP contribution in [0.2, 0.25) is 0 Å². The molecular weight excluding hydrogens is 286 g/mol. The standard InChI is InChI=1S/C16H19NO3S/c1-3-13-14(10-16(18)19)21-15(17-13)8-9-20-12-6-4-11(2)5-7-12/h4-7H,3,8-10H2,1-2H3,(H,18,19). The Morgan fingerprint density at radius 1 is 1.33 bits per heavy atom. The van der Waals surface area contributed by atoms with Crippen molar-refractivity contribution in [1.29, 1.82) is 0 Å². The van der Waals surface area contributed by atoms with Crippen molar-refractivity contribution in [2.45, 2.75) is 33.1 Å². The zero-order valence-electron chi connectivity index (χ0n) is 12.3. The molecule has 0 aliphatic heterocycles. The largest absolute Gasteiger partial charge is 0.493 e. The molecule has 21 heavy (non-hydrogen) atoms. The number of ether oxygens (including phenoxy) is 1. The van der Waals surface area contributed by atoms with Gasteiger partial charge in [-0.25, -0.2) is 4.98 Å². The highest BCUT2D eigenvalue weighted by Gasteiger charge is 2.12. The second-order valence-corrected chi connectivity index (χ2v) is 5.98. The van der Waals surface area contributed by atoms with E-state index in [-0.39, 0.29) is 6.42 Å². The predicted octanol–water partition coefficient (Wildman–Crippen LogP) is 3.26. The van der Waals surface area contributed by atoms with Crippen LogP contribution in [-0.4, -0.2) is 22.7 Å². The number of rotatable bonds is 7. The first-order valence-electron chi connectivity index (χ1n) is 6.97. The Labute approximate surface area is 128 Å². The summed E-state index contributed by atoms with van der Waals surface area (Å²) in [6, 6.07) is 7.92. The van der Waals surface area contributed by atoms with Crippen LogP contribution >= 0.6 is 11.3 Å². The Morgan fingerprint density at radius 2 is 2.05 bits per heavy atom. The first-order chi connectivity index (χ1) is 10.1. The van der Waals surface area contributed by atoms with Crippen molar-refractivity contribution in [3.63, 3.8) is 0 Å². The van der Waals surface area contributed by atoms with Crippen LogP contribution in [0.4, 0.5) is 0 Å². The molecule has 0 aliphatic rings. The van der Waals surface area contributed by atoms with Crippen LogP contribution in [0.15, 0.2) is 24.3 Å². The van der Waals surface area contributed by atoms with Crippen molar-refractivity contribution in [1.82, 2.24) is 4.98 Å². The lowest BCUT2D eigenvalue weighted by molar-refractivity contribution is -0.136. The molecule has 112 valence electrons. The van der Waals surface area contributed by atoms with E-state index in [4.69, 9.17) is 9.84 Å². The summed E-state index contributed by atoms with van der Waals surface area (Å²) in [7, 11) is 0. The van der Waals surface area contributed by atoms with Gasteiger partial charge in [0.05, 0.1) is 23.7 Å². The maximum atomic E-state index is 10.8. The van der Waals surface area contributed by atoms with Crippen molar-refractivity contribution in [2.24, 2.45) is 0 Å². The van der Waals surface area contributed by atoms with Crippen LogP contribution in [0, 0.1) is 6.92 Å². The second kappa shape index (κ2) is 7.22. The fourth-order valence-corrected chi connectivity index (χ4v) is 3.12. The molecule has 0 saturated heterocycles. The summed E-state index contributed by atoms with van der Waals surface area (Å²) in [6.07, 6.45) is 1.52. The van der Waals surface area contributed by atoms with Crippen LogP contribution in [-0.2, 0) is 24.1 Å². The maximum Gasteiger partial charge on any atom is 0.308 e. The maximum absolute atomic E-state index is 10.8. The summed E-state index contributed by atoms with van der Waals surface area (Å²) in [5.41, 5.74) is 2.10. The average molecular weight is 305 g/mol. The molecule has 5 heteroatoms. The summed E-state index contributed by atoms with van der Waals surface area (Å²) in [4.78, 5) is 16.2. The van der Waals surface area contributed by atoms with Gasteiger partial charge in [0.15, 0.2) is 0 Å². The van der Waals surface area contributed by atoms with Crippen molar-refractivity contribution in [3.8, 4) is 5.75 Å². The smallest absolute Gasteiger partial charge is 0.308 e. The minimum atomic E-state index is -0.809. The first kappa shape index (κ1) is 15.5. The van der Waals surface area contributed by atoms with Gasteiger partial charge in [-0.2, -0.15) is 0 Å². The number of hydrogen-bond acceptors (Lipinski definition) is 4. The van der Waals surface area contributed by atoms with Crippen molar-refractivity contribution in [3.05, 3.63) is 45.4 Å². The lowest BCUT2D eigenvalue weighted by Crippen LogP contribution is -2.01. The van der Waals surface area contributed by atoms with Crippen LogP contribution in [0.25, 0.3) is 0 Å². The minimum absolute atomic E-state index is 0.0552. The number of nitrogens with zero attached hydrogens (tertiary/aromatic N) is 1. The molecule has 0 saturated carbocycles. The van der Waals surface area contributed by atoms with Crippen LogP contribution < -0.4 is 4.74 Å². The van der Waals surface area contributed by atoms with E-state index < -0.39 is 5.97 Å². The van der Waals surface area contributed by atoms with Crippen molar-refractivity contribution < 1.29 is 14.6 Å². The number of carboxylic acids is 1. The lowest BCUT2D eigenvalue weighted by Gasteiger charge is -2.04. The van der Waals surface area contributed by atoms with E-state index in [0.29, 0.717) is 13.0 Å². The molecule has 0 bridgehead atoms. The van der Waals surface area contributed by atoms with E-state index in [9.17, 15) is 4.79 Å². The molecule has 0 fully saturated rings. The molecule has 0 spiro atoms. The summed E-state index contributed by atoms with van der Waals surface area (Å²) in [5, 5.41) is 9.84. The van der Waals surface area contributed by atoms with Crippen LogP contribution in [0.5, 0.6) is 5.75 Å². The molecule has 0 aliphatic carbocycles. The van der Waals surface area contributed by atoms with Gasteiger partial charge in [-0.15, -0.1) is 11.3 Å². The minimum Gasteiger partial charge on any atom is -0.493 e. The lowest BCUT2D eigenvalue weighted by atomic mass is 10.2. The monoisotopic (exact) mass is 305 g/mol. The molecule has 0 atom stereocenters. The topological polar surface area (TPSA) is 59.4 Å². The Hall–Kier alpha value is -1.88. The van der Waals surface area contributed by atoms with Gasteiger partial charge in [-0.1, -0.05) is 24.6 Å². The summed E-state index contributed by atoms with van der Waals surface area (Å²) in [5.74, 6) is 0.0365.